The summed E-state index contributed by atoms with van der Waals surface area (Å²) in [7, 11) is 0. The van der Waals surface area contributed by atoms with Crippen molar-refractivity contribution in [1.29, 1.82) is 0 Å². The number of benzene rings is 2. The largest absolute Gasteiger partial charge is 0.504 e. The lowest BCUT2D eigenvalue weighted by Gasteiger charge is -2.07. The van der Waals surface area contributed by atoms with E-state index in [9.17, 15) is 15.0 Å². The summed E-state index contributed by atoms with van der Waals surface area (Å²) in [6.45, 7) is 2.24. The Bertz CT molecular complexity index is 660. The van der Waals surface area contributed by atoms with Crippen molar-refractivity contribution >= 4 is 17.6 Å². The van der Waals surface area contributed by atoms with Gasteiger partial charge < -0.3 is 14.9 Å². The highest BCUT2D eigenvalue weighted by atomic mass is 16.5. The molecule has 0 aliphatic heterocycles. The highest BCUT2D eigenvalue weighted by Gasteiger charge is 2.11. The van der Waals surface area contributed by atoms with E-state index in [4.69, 9.17) is 4.74 Å². The van der Waals surface area contributed by atoms with Crippen molar-refractivity contribution in [1.82, 2.24) is 0 Å². The molecular formula is C17H16O4. The smallest absolute Gasteiger partial charge is 0.336 e. The van der Waals surface area contributed by atoms with Gasteiger partial charge in [0, 0.05) is 0 Å². The van der Waals surface area contributed by atoms with Crippen LogP contribution in [0.25, 0.3) is 11.6 Å². The highest BCUT2D eigenvalue weighted by molar-refractivity contribution is 6.20. The zero-order valence-corrected chi connectivity index (χ0v) is 11.6. The molecule has 0 fully saturated rings. The van der Waals surface area contributed by atoms with Gasteiger partial charge in [0.15, 0.2) is 11.5 Å². The van der Waals surface area contributed by atoms with Crippen LogP contribution in [0, 0.1) is 0 Å². The van der Waals surface area contributed by atoms with E-state index in [-0.39, 0.29) is 11.3 Å². The first-order valence-corrected chi connectivity index (χ1v) is 6.58. The number of carboxylic acid groups (broad SMARTS) is 1. The van der Waals surface area contributed by atoms with Crippen LogP contribution in [0.3, 0.4) is 0 Å². The Morgan fingerprint density at radius 1 is 1.19 bits per heavy atom. The lowest BCUT2D eigenvalue weighted by Crippen LogP contribution is -1.99. The molecule has 0 unspecified atom stereocenters. The molecule has 0 amide bonds. The molecule has 2 aromatic carbocycles. The monoisotopic (exact) mass is 284 g/mol. The molecule has 4 nitrogen and oxygen atoms in total. The highest BCUT2D eigenvalue weighted by Crippen LogP contribution is 2.29. The molecule has 0 atom stereocenters. The van der Waals surface area contributed by atoms with E-state index in [1.54, 1.807) is 42.5 Å². The molecule has 0 saturated heterocycles. The van der Waals surface area contributed by atoms with E-state index in [1.807, 2.05) is 13.0 Å². The number of aliphatic carboxylic acids is 1. The Morgan fingerprint density at radius 3 is 2.52 bits per heavy atom. The van der Waals surface area contributed by atoms with E-state index >= 15 is 0 Å². The average molecular weight is 284 g/mol. The summed E-state index contributed by atoms with van der Waals surface area (Å²) in [4.78, 5) is 11.4. The first-order valence-electron chi connectivity index (χ1n) is 6.58. The third kappa shape index (κ3) is 3.63. The van der Waals surface area contributed by atoms with Crippen LogP contribution in [-0.4, -0.2) is 22.8 Å². The van der Waals surface area contributed by atoms with Gasteiger partial charge in [-0.3, -0.25) is 0 Å². The fourth-order valence-electron chi connectivity index (χ4n) is 1.94. The minimum atomic E-state index is -1.01. The quantitative estimate of drug-likeness (QED) is 0.652. The van der Waals surface area contributed by atoms with Crippen LogP contribution in [0.4, 0.5) is 0 Å². The van der Waals surface area contributed by atoms with Gasteiger partial charge in [0.1, 0.15) is 0 Å². The van der Waals surface area contributed by atoms with E-state index in [1.165, 1.54) is 6.07 Å². The number of rotatable bonds is 5. The SMILES string of the molecule is CCOc1cc(/C=C(\C(=O)O)c2ccccc2)ccc1O. The maximum atomic E-state index is 11.4. The Hall–Kier alpha value is -2.75. The number of carbonyl (C=O) groups is 1. The van der Waals surface area contributed by atoms with Crippen molar-refractivity contribution in [2.75, 3.05) is 6.61 Å². The summed E-state index contributed by atoms with van der Waals surface area (Å²) in [5, 5.41) is 19.0. The summed E-state index contributed by atoms with van der Waals surface area (Å²) in [5.74, 6) is -0.637. The molecule has 0 saturated carbocycles. The molecule has 108 valence electrons. The van der Waals surface area contributed by atoms with Crippen molar-refractivity contribution < 1.29 is 19.7 Å². The lowest BCUT2D eigenvalue weighted by atomic mass is 10.0. The number of aromatic hydroxyl groups is 1. The third-order valence-corrected chi connectivity index (χ3v) is 2.91. The third-order valence-electron chi connectivity index (χ3n) is 2.91. The van der Waals surface area contributed by atoms with Gasteiger partial charge in [-0.1, -0.05) is 36.4 Å². The van der Waals surface area contributed by atoms with Gasteiger partial charge in [-0.25, -0.2) is 4.79 Å². The predicted molar refractivity (Wildman–Crippen MR) is 81.2 cm³/mol. The molecule has 2 aromatic rings. The Kier molecular flexibility index (Phi) is 4.61. The molecule has 0 radical (unpaired) electrons. The molecule has 2 N–H and O–H groups in total. The lowest BCUT2D eigenvalue weighted by molar-refractivity contribution is -0.130. The second-order valence-electron chi connectivity index (χ2n) is 4.39. The van der Waals surface area contributed by atoms with Crippen LogP contribution in [0.1, 0.15) is 18.1 Å². The molecular weight excluding hydrogens is 268 g/mol. The van der Waals surface area contributed by atoms with Gasteiger partial charge >= 0.3 is 5.97 Å². The second kappa shape index (κ2) is 6.61. The summed E-state index contributed by atoms with van der Waals surface area (Å²) < 4.78 is 5.30. The molecule has 0 aromatic heterocycles. The zero-order chi connectivity index (χ0) is 15.2. The number of carboxylic acids is 1. The first kappa shape index (κ1) is 14.7. The van der Waals surface area contributed by atoms with E-state index in [0.717, 1.165) is 0 Å². The Morgan fingerprint density at radius 2 is 1.90 bits per heavy atom. The van der Waals surface area contributed by atoms with Crippen molar-refractivity contribution in [3.05, 3.63) is 59.7 Å². The van der Waals surface area contributed by atoms with Crippen LogP contribution in [-0.2, 0) is 4.79 Å². The normalized spacial score (nSPS) is 11.2. The van der Waals surface area contributed by atoms with E-state index in [2.05, 4.69) is 0 Å². The predicted octanol–water partition coefficient (Wildman–Crippen LogP) is 3.42. The number of hydrogen-bond donors (Lipinski definition) is 2. The van der Waals surface area contributed by atoms with Gasteiger partial charge in [-0.2, -0.15) is 0 Å². The maximum Gasteiger partial charge on any atom is 0.336 e. The number of phenolic OH excluding ortho intramolecular Hbond substituents is 1. The Balaban J connectivity index is 2.44. The summed E-state index contributed by atoms with van der Waals surface area (Å²) in [6, 6.07) is 13.6. The molecule has 0 heterocycles. The van der Waals surface area contributed by atoms with Crippen LogP contribution in [0.2, 0.25) is 0 Å². The van der Waals surface area contributed by atoms with Crippen molar-refractivity contribution in [2.45, 2.75) is 6.92 Å². The van der Waals surface area contributed by atoms with Crippen molar-refractivity contribution in [3.63, 3.8) is 0 Å². The topological polar surface area (TPSA) is 66.8 Å². The molecule has 2 rings (SSSR count). The minimum absolute atomic E-state index is 0.0330. The molecule has 0 aliphatic rings. The summed E-state index contributed by atoms with van der Waals surface area (Å²) >= 11 is 0. The minimum Gasteiger partial charge on any atom is -0.504 e. The van der Waals surface area contributed by atoms with Crippen LogP contribution in [0.5, 0.6) is 11.5 Å². The van der Waals surface area contributed by atoms with Gasteiger partial charge in [-0.05, 0) is 36.3 Å². The van der Waals surface area contributed by atoms with Crippen LogP contribution < -0.4 is 4.74 Å². The molecule has 4 heteroatoms. The number of hydrogen-bond acceptors (Lipinski definition) is 3. The van der Waals surface area contributed by atoms with Crippen molar-refractivity contribution in [3.8, 4) is 11.5 Å². The zero-order valence-electron chi connectivity index (χ0n) is 11.6. The van der Waals surface area contributed by atoms with E-state index < -0.39 is 5.97 Å². The molecule has 0 aliphatic carbocycles. The van der Waals surface area contributed by atoms with Crippen molar-refractivity contribution in [2.24, 2.45) is 0 Å². The fraction of sp³-hybridized carbons (Fsp3) is 0.118. The molecule has 0 bridgehead atoms. The maximum absolute atomic E-state index is 11.4. The number of ether oxygens (including phenoxy) is 1. The first-order chi connectivity index (χ1) is 10.1. The van der Waals surface area contributed by atoms with E-state index in [0.29, 0.717) is 23.5 Å². The Labute approximate surface area is 122 Å². The van der Waals surface area contributed by atoms with Gasteiger partial charge in [-0.15, -0.1) is 0 Å². The van der Waals surface area contributed by atoms with Gasteiger partial charge in [0.05, 0.1) is 12.2 Å². The van der Waals surface area contributed by atoms with Gasteiger partial charge in [0.2, 0.25) is 0 Å². The molecule has 21 heavy (non-hydrogen) atoms. The van der Waals surface area contributed by atoms with Crippen LogP contribution in [0.15, 0.2) is 48.5 Å². The number of phenols is 1. The summed E-state index contributed by atoms with van der Waals surface area (Å²) in [6.07, 6.45) is 1.56. The molecule has 0 spiro atoms. The fourth-order valence-corrected chi connectivity index (χ4v) is 1.94. The van der Waals surface area contributed by atoms with Crippen LogP contribution >= 0.6 is 0 Å². The summed E-state index contributed by atoms with van der Waals surface area (Å²) in [5.41, 5.74) is 1.46. The second-order valence-corrected chi connectivity index (χ2v) is 4.39. The standard InChI is InChI=1S/C17H16O4/c1-2-21-16-11-12(8-9-15(16)18)10-14(17(19)20)13-6-4-3-5-7-13/h3-11,18H,2H2,1H3,(H,19,20)/b14-10-. The average Bonchev–Trinajstić information content (AvgIpc) is 2.48. The van der Waals surface area contributed by atoms with Gasteiger partial charge in [0.25, 0.3) is 0 Å².